The zero-order valence-electron chi connectivity index (χ0n) is 34.4. The van der Waals surface area contributed by atoms with E-state index in [0.717, 1.165) is 35.7 Å². The number of aliphatic carboxylic acids is 1. The van der Waals surface area contributed by atoms with Gasteiger partial charge >= 0.3 is 12.1 Å². The van der Waals surface area contributed by atoms with Crippen LogP contribution in [0.25, 0.3) is 22.3 Å². The van der Waals surface area contributed by atoms with Gasteiger partial charge in [0.2, 0.25) is 11.8 Å². The van der Waals surface area contributed by atoms with Crippen LogP contribution in [0, 0.1) is 35.0 Å². The third kappa shape index (κ3) is 8.52. The lowest BCUT2D eigenvalue weighted by molar-refractivity contribution is -0.148. The summed E-state index contributed by atoms with van der Waals surface area (Å²) in [6.07, 6.45) is 3.29. The number of carboxylic acid groups (broad SMARTS) is 1. The average Bonchev–Trinajstić information content (AvgIpc) is 3.45. The molecule has 1 aromatic carbocycles. The molecular weight excluding hydrogens is 826 g/mol. The number of alkyl carbamates (subject to hydrolysis) is 1. The summed E-state index contributed by atoms with van der Waals surface area (Å²) in [6, 6.07) is 3.42. The number of nitrogens with zero attached hydrogens (tertiary/aromatic N) is 3. The number of carbonyl (C=O) groups excluding carboxylic acids is 4. The Kier molecular flexibility index (Phi) is 12.2. The van der Waals surface area contributed by atoms with Gasteiger partial charge in [-0.25, -0.2) is 14.8 Å². The van der Waals surface area contributed by atoms with Crippen LogP contribution in [-0.2, 0) is 23.9 Å². The molecule has 312 valence electrons. The Morgan fingerprint density at radius 1 is 1.12 bits per heavy atom. The Labute approximate surface area is 351 Å². The number of aryl methyl sites for hydroxylation is 1. The summed E-state index contributed by atoms with van der Waals surface area (Å²) in [5, 5.41) is 18.9. The maximum atomic E-state index is 14.9. The first kappa shape index (κ1) is 43.2. The number of halogens is 1. The molecule has 3 aromatic rings. The lowest BCUT2D eigenvalue weighted by atomic mass is 9.77. The molecule has 13 nitrogen and oxygen atoms in total. The molecule has 0 radical (unpaired) electrons. The lowest BCUT2D eigenvalue weighted by Crippen LogP contribution is -2.58. The van der Waals surface area contributed by atoms with Gasteiger partial charge in [0.1, 0.15) is 29.7 Å². The smallest absolute Gasteiger partial charge is 0.408 e. The maximum Gasteiger partial charge on any atom is 0.408 e. The number of aromatic nitrogens is 2. The molecule has 1 saturated heterocycles. The molecule has 3 aliphatic rings. The number of thiazole rings is 1. The first-order chi connectivity index (χ1) is 27.2. The number of anilines is 1. The Morgan fingerprint density at radius 2 is 1.81 bits per heavy atom. The predicted octanol–water partition coefficient (Wildman–Crippen LogP) is 8.33. The second-order valence-corrected chi connectivity index (χ2v) is 19.7. The maximum absolute atomic E-state index is 14.9. The van der Waals surface area contributed by atoms with E-state index in [1.807, 2.05) is 53.7 Å². The summed E-state index contributed by atoms with van der Waals surface area (Å²) in [5.74, 6) is -2.32. The van der Waals surface area contributed by atoms with E-state index < -0.39 is 58.2 Å². The van der Waals surface area contributed by atoms with Crippen molar-refractivity contribution < 1.29 is 38.6 Å². The number of pyridine rings is 1. The Morgan fingerprint density at radius 3 is 2.41 bits per heavy atom. The highest BCUT2D eigenvalue weighted by molar-refractivity contribution is 9.10. The number of carbonyl (C=O) groups is 5. The van der Waals surface area contributed by atoms with Gasteiger partial charge < -0.3 is 30.1 Å². The number of nitrogens with one attached hydrogen (secondary N) is 2. The first-order valence-corrected chi connectivity index (χ1v) is 21.5. The fourth-order valence-corrected chi connectivity index (χ4v) is 9.34. The van der Waals surface area contributed by atoms with Crippen LogP contribution in [0.3, 0.4) is 0 Å². The largest absolute Gasteiger partial charge is 0.487 e. The fourth-order valence-electron chi connectivity index (χ4n) is 8.20. The molecule has 6 rings (SSSR count). The van der Waals surface area contributed by atoms with Crippen molar-refractivity contribution in [2.45, 2.75) is 118 Å². The second kappa shape index (κ2) is 16.4. The van der Waals surface area contributed by atoms with E-state index >= 15 is 0 Å². The average molecular weight is 881 g/mol. The number of ether oxygens (including phenoxy) is 2. The normalized spacial score (nSPS) is 23.4. The van der Waals surface area contributed by atoms with Crippen molar-refractivity contribution in [1.29, 1.82) is 0 Å². The number of carboxylic acids is 1. The number of hydrogen-bond acceptors (Lipinski definition) is 10. The molecule has 3 amide bonds. The molecule has 2 saturated carbocycles. The third-order valence-electron chi connectivity index (χ3n) is 11.9. The van der Waals surface area contributed by atoms with Crippen LogP contribution in [0.4, 0.5) is 9.93 Å². The van der Waals surface area contributed by atoms with Crippen LogP contribution in [0.1, 0.15) is 92.6 Å². The van der Waals surface area contributed by atoms with Gasteiger partial charge in [0, 0.05) is 39.1 Å². The van der Waals surface area contributed by atoms with Crippen molar-refractivity contribution in [2.75, 3.05) is 11.9 Å². The number of benzene rings is 1. The quantitative estimate of drug-likeness (QED) is 0.142. The molecule has 5 atom stereocenters. The molecule has 0 unspecified atom stereocenters. The zero-order valence-corrected chi connectivity index (χ0v) is 36.8. The Hall–Kier alpha value is -4.37. The monoisotopic (exact) mass is 879 g/mol. The Bertz CT molecular complexity index is 2140. The van der Waals surface area contributed by atoms with Gasteiger partial charge in [-0.1, -0.05) is 60.6 Å². The minimum atomic E-state index is -1.31. The fraction of sp³-hybridized carbons (Fsp3) is 0.558. The summed E-state index contributed by atoms with van der Waals surface area (Å²) in [4.78, 5) is 79.0. The number of likely N-dealkylation sites (tertiary alicyclic amines) is 1. The molecular formula is C43H54BrN5O8S. The van der Waals surface area contributed by atoms with Gasteiger partial charge in [0.25, 0.3) is 0 Å². The number of allylic oxidation sites excluding steroid dienone is 1. The molecule has 3 heterocycles. The van der Waals surface area contributed by atoms with Crippen molar-refractivity contribution in [3.63, 3.8) is 0 Å². The third-order valence-corrected chi connectivity index (χ3v) is 13.7. The van der Waals surface area contributed by atoms with Gasteiger partial charge in [0.15, 0.2) is 10.9 Å². The van der Waals surface area contributed by atoms with Crippen LogP contribution in [0.15, 0.2) is 40.7 Å². The molecule has 0 spiro atoms. The number of fused-ring (bicyclic) bond motifs is 1. The van der Waals surface area contributed by atoms with E-state index in [2.05, 4.69) is 38.1 Å². The van der Waals surface area contributed by atoms with Crippen LogP contribution in [-0.4, -0.2) is 80.5 Å². The SMILES string of the molecule is C=C[C@@H]1C[C@]1(CC(=O)[C@H]1N(C(=O)[C@@H](NC(=O)OC2CCCC2)C(C)(C)C)C[C@H](Oc2cc(-c3csc(NC(=O)C(C)C)n3)nc3c(Br)c(C)ccc23)C1(C)C)C(=O)O. The highest BCUT2D eigenvalue weighted by atomic mass is 79.9. The highest BCUT2D eigenvalue weighted by Crippen LogP contribution is 2.57. The molecule has 2 aromatic heterocycles. The van der Waals surface area contributed by atoms with Crippen molar-refractivity contribution >= 4 is 73.0 Å². The highest BCUT2D eigenvalue weighted by Gasteiger charge is 2.63. The molecule has 0 bridgehead atoms. The number of Topliss-reactive ketones (excluding diaryl/α,β-unsaturated/α-hetero) is 1. The molecule has 1 aliphatic heterocycles. The van der Waals surface area contributed by atoms with Crippen LogP contribution < -0.4 is 15.4 Å². The van der Waals surface area contributed by atoms with Gasteiger partial charge in [-0.05, 0) is 77.9 Å². The van der Waals surface area contributed by atoms with Crippen LogP contribution >= 0.6 is 27.3 Å². The van der Waals surface area contributed by atoms with Crippen molar-refractivity contribution in [3.8, 4) is 17.1 Å². The van der Waals surface area contributed by atoms with Gasteiger partial charge in [-0.3, -0.25) is 19.2 Å². The molecule has 15 heteroatoms. The lowest BCUT2D eigenvalue weighted by Gasteiger charge is -2.37. The van der Waals surface area contributed by atoms with E-state index in [-0.39, 0.29) is 43.2 Å². The van der Waals surface area contributed by atoms with Crippen LogP contribution in [0.5, 0.6) is 5.75 Å². The summed E-state index contributed by atoms with van der Waals surface area (Å²) in [5.41, 5.74) is -0.611. The van der Waals surface area contributed by atoms with Crippen molar-refractivity contribution in [3.05, 3.63) is 46.3 Å². The topological polar surface area (TPSA) is 177 Å². The van der Waals surface area contributed by atoms with Gasteiger partial charge in [-0.15, -0.1) is 17.9 Å². The van der Waals surface area contributed by atoms with Crippen molar-refractivity contribution in [1.82, 2.24) is 20.2 Å². The van der Waals surface area contributed by atoms with E-state index in [9.17, 15) is 29.1 Å². The minimum absolute atomic E-state index is 0.0343. The van der Waals surface area contributed by atoms with Crippen molar-refractivity contribution in [2.24, 2.45) is 28.1 Å². The summed E-state index contributed by atoms with van der Waals surface area (Å²) in [7, 11) is 0. The number of rotatable bonds is 13. The van der Waals surface area contributed by atoms with Crippen LogP contribution in [0.2, 0.25) is 0 Å². The van der Waals surface area contributed by atoms with E-state index in [1.165, 1.54) is 16.2 Å². The molecule has 3 fully saturated rings. The van der Waals surface area contributed by atoms with Gasteiger partial charge in [-0.2, -0.15) is 0 Å². The number of hydrogen-bond donors (Lipinski definition) is 3. The summed E-state index contributed by atoms with van der Waals surface area (Å²) in [6.45, 7) is 18.5. The molecule has 2 aliphatic carbocycles. The Balaban J connectivity index is 1.39. The zero-order chi connectivity index (χ0) is 42.5. The summed E-state index contributed by atoms with van der Waals surface area (Å²) >= 11 is 4.99. The van der Waals surface area contributed by atoms with E-state index in [0.29, 0.717) is 33.2 Å². The molecule has 3 N–H and O–H groups in total. The summed E-state index contributed by atoms with van der Waals surface area (Å²) < 4.78 is 13.4. The van der Waals surface area contributed by atoms with Gasteiger partial charge in [0.05, 0.1) is 29.2 Å². The number of ketones is 1. The minimum Gasteiger partial charge on any atom is -0.487 e. The first-order valence-electron chi connectivity index (χ1n) is 19.9. The predicted molar refractivity (Wildman–Crippen MR) is 226 cm³/mol. The second-order valence-electron chi connectivity index (χ2n) is 18.0. The standard InChI is InChI=1S/C43H54BrN5O8S/c1-10-24-18-43(24,38(53)54)19-29(50)35-42(8,9)31(20-49(35)37(52)34(41(5,6)7)47-40(55)56-25-13-11-12-14-25)57-30-17-27(45-33-26(30)16-15-23(4)32(33)44)28-21-58-39(46-28)48-36(51)22(2)3/h10,15-17,21-22,24-25,31,34-35H,1,11-14,18-20H2,2-9H3,(H,47,55)(H,53,54)(H,46,48,51)/t24-,31+,34-,35-,43-/m1/s1. The van der Waals surface area contributed by atoms with E-state index in [4.69, 9.17) is 14.5 Å². The van der Waals surface area contributed by atoms with E-state index in [1.54, 1.807) is 31.4 Å². The molecule has 58 heavy (non-hydrogen) atoms. The number of amides is 3.